The smallest absolute Gasteiger partial charge is 0.391 e. The number of nitrogens with one attached hydrogen (secondary N) is 1. The van der Waals surface area contributed by atoms with E-state index in [0.717, 1.165) is 38.5 Å². The minimum absolute atomic E-state index is 0.0922. The molecule has 0 aromatic rings. The van der Waals surface area contributed by atoms with Crippen molar-refractivity contribution in [1.82, 2.24) is 5.32 Å². The van der Waals surface area contributed by atoms with Crippen LogP contribution in [0.1, 0.15) is 226 Å². The lowest BCUT2D eigenvalue weighted by Crippen LogP contribution is -2.46. The zero-order valence-corrected chi connectivity index (χ0v) is 34.1. The van der Waals surface area contributed by atoms with Crippen molar-refractivity contribution < 1.29 is 28.4 Å². The van der Waals surface area contributed by atoms with Crippen molar-refractivity contribution in [1.29, 1.82) is 0 Å². The number of rotatable bonds is 41. The maximum absolute atomic E-state index is 12.7. The van der Waals surface area contributed by atoms with Crippen molar-refractivity contribution in [3.05, 3.63) is 0 Å². The fourth-order valence-electron chi connectivity index (χ4n) is 6.67. The second kappa shape index (κ2) is 38.2. The van der Waals surface area contributed by atoms with E-state index >= 15 is 0 Å². The average molecular weight is 733 g/mol. The molecule has 1 amide bonds. The number of amides is 1. The lowest BCUT2D eigenvalue weighted by Gasteiger charge is -2.25. The van der Waals surface area contributed by atoms with Crippen LogP contribution in [0, 0.1) is 0 Å². The number of aliphatic hydroxyl groups excluding tert-OH is 1. The summed E-state index contributed by atoms with van der Waals surface area (Å²) in [5, 5.41) is 13.7. The molecule has 0 radical (unpaired) electrons. The van der Waals surface area contributed by atoms with Gasteiger partial charge in [-0.05, 0) is 12.8 Å². The fourth-order valence-corrected chi connectivity index (χ4v) is 7.43. The topological polar surface area (TPSA) is 131 Å². The highest BCUT2D eigenvalue weighted by Gasteiger charge is 2.27. The molecule has 3 atom stereocenters. The number of aliphatic hydroxyl groups is 1. The quantitative estimate of drug-likeness (QED) is 0.0363. The zero-order chi connectivity index (χ0) is 36.8. The first-order chi connectivity index (χ1) is 24.4. The van der Waals surface area contributed by atoms with Crippen LogP contribution >= 0.6 is 7.82 Å². The molecular formula is C41H85N2O6P. The van der Waals surface area contributed by atoms with Gasteiger partial charge in [0.25, 0.3) is 0 Å². The predicted octanol–water partition coefficient (Wildman–Crippen LogP) is 11.8. The standard InChI is InChI=1S/C41H85N2O6P/c1-3-5-7-9-11-13-15-16-17-18-19-20-21-22-23-24-25-27-29-31-33-35-41(45)43-39(38-49-50(46,47)48-37-36-42)40(44)34-32-30-28-26-14-12-10-8-6-4-2/h39-40,44H,3-38,42H2,1-2H3,(H,43,45)(H,46,47). The third-order valence-electron chi connectivity index (χ3n) is 9.96. The van der Waals surface area contributed by atoms with E-state index in [1.807, 2.05) is 0 Å². The molecule has 0 rings (SSSR count). The number of unbranched alkanes of at least 4 members (excludes halogenated alkanes) is 29. The number of hydrogen-bond acceptors (Lipinski definition) is 6. The van der Waals surface area contributed by atoms with Gasteiger partial charge in [-0.2, -0.15) is 0 Å². The van der Waals surface area contributed by atoms with Gasteiger partial charge >= 0.3 is 7.82 Å². The molecule has 300 valence electrons. The number of phosphoric acid groups is 1. The van der Waals surface area contributed by atoms with Crippen LogP contribution in [0.5, 0.6) is 0 Å². The van der Waals surface area contributed by atoms with Crippen molar-refractivity contribution in [2.24, 2.45) is 5.73 Å². The van der Waals surface area contributed by atoms with E-state index in [0.29, 0.717) is 12.8 Å². The summed E-state index contributed by atoms with van der Waals surface area (Å²) in [4.78, 5) is 22.7. The Morgan fingerprint density at radius 3 is 1.28 bits per heavy atom. The molecule has 0 aromatic heterocycles. The van der Waals surface area contributed by atoms with E-state index in [1.54, 1.807) is 0 Å². The number of nitrogens with two attached hydrogens (primary N) is 1. The monoisotopic (exact) mass is 733 g/mol. The van der Waals surface area contributed by atoms with Gasteiger partial charge in [-0.25, -0.2) is 4.57 Å². The maximum atomic E-state index is 12.7. The summed E-state index contributed by atoms with van der Waals surface area (Å²) in [5.41, 5.74) is 5.37. The molecule has 0 aromatic carbocycles. The molecule has 0 bridgehead atoms. The third kappa shape index (κ3) is 35.9. The minimum atomic E-state index is -4.30. The van der Waals surface area contributed by atoms with Gasteiger partial charge in [0.1, 0.15) is 0 Å². The summed E-state index contributed by atoms with van der Waals surface area (Å²) in [6.45, 7) is 4.21. The van der Waals surface area contributed by atoms with Crippen molar-refractivity contribution >= 4 is 13.7 Å². The van der Waals surface area contributed by atoms with Crippen molar-refractivity contribution in [3.8, 4) is 0 Å². The summed E-state index contributed by atoms with van der Waals surface area (Å²) < 4.78 is 22.1. The second-order valence-corrected chi connectivity index (χ2v) is 16.4. The van der Waals surface area contributed by atoms with E-state index in [2.05, 4.69) is 19.2 Å². The minimum Gasteiger partial charge on any atom is -0.391 e. The molecule has 0 fully saturated rings. The van der Waals surface area contributed by atoms with Crippen LogP contribution in [0.3, 0.4) is 0 Å². The largest absolute Gasteiger partial charge is 0.472 e. The van der Waals surface area contributed by atoms with Crippen molar-refractivity contribution in [3.63, 3.8) is 0 Å². The number of hydrogen-bond donors (Lipinski definition) is 4. The molecule has 3 unspecified atom stereocenters. The first-order valence-corrected chi connectivity index (χ1v) is 23.1. The average Bonchev–Trinajstić information content (AvgIpc) is 3.10. The van der Waals surface area contributed by atoms with Gasteiger partial charge in [0, 0.05) is 13.0 Å². The fraction of sp³-hybridized carbons (Fsp3) is 0.976. The second-order valence-electron chi connectivity index (χ2n) is 14.9. The van der Waals surface area contributed by atoms with Crippen LogP contribution in [0.4, 0.5) is 0 Å². The van der Waals surface area contributed by atoms with Gasteiger partial charge in [-0.15, -0.1) is 0 Å². The van der Waals surface area contributed by atoms with Crippen LogP contribution in [0.2, 0.25) is 0 Å². The predicted molar refractivity (Wildman–Crippen MR) is 212 cm³/mol. The molecule has 0 saturated heterocycles. The van der Waals surface area contributed by atoms with E-state index in [-0.39, 0.29) is 25.7 Å². The van der Waals surface area contributed by atoms with Crippen LogP contribution in [0.15, 0.2) is 0 Å². The van der Waals surface area contributed by atoms with Crippen LogP contribution < -0.4 is 11.1 Å². The molecule has 5 N–H and O–H groups in total. The SMILES string of the molecule is CCCCCCCCCCCCCCCCCCCCCCCC(=O)NC(COP(=O)(O)OCCN)C(O)CCCCCCCCCCCC. The Kier molecular flexibility index (Phi) is 37.8. The highest BCUT2D eigenvalue weighted by Crippen LogP contribution is 2.43. The molecule has 8 nitrogen and oxygen atoms in total. The van der Waals surface area contributed by atoms with Gasteiger partial charge in [-0.3, -0.25) is 13.8 Å². The highest BCUT2D eigenvalue weighted by atomic mass is 31.2. The van der Waals surface area contributed by atoms with Gasteiger partial charge in [0.05, 0.1) is 25.4 Å². The number of phosphoric ester groups is 1. The molecular weight excluding hydrogens is 647 g/mol. The molecule has 0 heterocycles. The molecule has 0 saturated carbocycles. The Balaban J connectivity index is 4.00. The van der Waals surface area contributed by atoms with E-state index in [4.69, 9.17) is 14.8 Å². The molecule has 50 heavy (non-hydrogen) atoms. The van der Waals surface area contributed by atoms with E-state index in [9.17, 15) is 19.4 Å². The van der Waals surface area contributed by atoms with Crippen LogP contribution in [-0.4, -0.2) is 47.8 Å². The number of carbonyl (C=O) groups excluding carboxylic acids is 1. The maximum Gasteiger partial charge on any atom is 0.472 e. The van der Waals surface area contributed by atoms with Gasteiger partial charge in [0.15, 0.2) is 0 Å². The van der Waals surface area contributed by atoms with Crippen molar-refractivity contribution in [2.75, 3.05) is 19.8 Å². The Hall–Kier alpha value is -0.500. The highest BCUT2D eigenvalue weighted by molar-refractivity contribution is 7.47. The zero-order valence-electron chi connectivity index (χ0n) is 33.2. The first-order valence-electron chi connectivity index (χ1n) is 21.7. The van der Waals surface area contributed by atoms with Gasteiger partial charge in [0.2, 0.25) is 5.91 Å². The van der Waals surface area contributed by atoms with E-state index in [1.165, 1.54) is 161 Å². The Morgan fingerprint density at radius 2 is 0.920 bits per heavy atom. The van der Waals surface area contributed by atoms with Crippen molar-refractivity contribution in [2.45, 2.75) is 238 Å². The van der Waals surface area contributed by atoms with Gasteiger partial charge in [-0.1, -0.05) is 206 Å². The molecule has 9 heteroatoms. The summed E-state index contributed by atoms with van der Waals surface area (Å²) in [6.07, 6.45) is 39.8. The van der Waals surface area contributed by atoms with Crippen LogP contribution in [-0.2, 0) is 18.4 Å². The summed E-state index contributed by atoms with van der Waals surface area (Å²) in [6, 6.07) is -0.766. The Bertz CT molecular complexity index is 759. The third-order valence-corrected chi connectivity index (χ3v) is 10.9. The molecule has 0 spiro atoms. The molecule has 0 aliphatic carbocycles. The lowest BCUT2D eigenvalue weighted by atomic mass is 10.0. The summed E-state index contributed by atoms with van der Waals surface area (Å²) in [7, 11) is -4.30. The molecule has 0 aliphatic rings. The summed E-state index contributed by atoms with van der Waals surface area (Å²) >= 11 is 0. The molecule has 0 aliphatic heterocycles. The first kappa shape index (κ1) is 49.5. The summed E-state index contributed by atoms with van der Waals surface area (Å²) in [5.74, 6) is -0.158. The Labute approximate surface area is 310 Å². The lowest BCUT2D eigenvalue weighted by molar-refractivity contribution is -0.123. The normalized spacial score (nSPS) is 14.1. The van der Waals surface area contributed by atoms with E-state index < -0.39 is 20.0 Å². The van der Waals surface area contributed by atoms with Crippen LogP contribution in [0.25, 0.3) is 0 Å². The number of carbonyl (C=O) groups is 1. The van der Waals surface area contributed by atoms with Gasteiger partial charge < -0.3 is 21.1 Å². The Morgan fingerprint density at radius 1 is 0.580 bits per heavy atom.